The maximum absolute atomic E-state index is 11.9. The van der Waals surface area contributed by atoms with E-state index in [1.165, 1.54) is 0 Å². The lowest BCUT2D eigenvalue weighted by Gasteiger charge is -2.19. The Hall–Kier alpha value is -1.59. The fourth-order valence-electron chi connectivity index (χ4n) is 1.76. The third-order valence-corrected chi connectivity index (χ3v) is 2.98. The van der Waals surface area contributed by atoms with Crippen LogP contribution in [0.1, 0.15) is 37.8 Å². The molecule has 0 aromatic heterocycles. The van der Waals surface area contributed by atoms with E-state index < -0.39 is 0 Å². The highest BCUT2D eigenvalue weighted by atomic mass is 16.1. The highest BCUT2D eigenvalue weighted by Gasteiger charge is 2.21. The molecule has 0 bridgehead atoms. The Kier molecular flexibility index (Phi) is 5.45. The quantitative estimate of drug-likeness (QED) is 0.602. The van der Waals surface area contributed by atoms with Crippen LogP contribution in [-0.2, 0) is 4.79 Å². The summed E-state index contributed by atoms with van der Waals surface area (Å²) < 4.78 is 0. The van der Waals surface area contributed by atoms with E-state index in [1.54, 1.807) is 0 Å². The minimum atomic E-state index is -0.227. The van der Waals surface area contributed by atoms with Crippen molar-refractivity contribution in [1.29, 1.82) is 0 Å². The van der Waals surface area contributed by atoms with Crippen LogP contribution in [0.3, 0.4) is 0 Å². The topological polar surface area (TPSA) is 43.1 Å². The van der Waals surface area contributed by atoms with Gasteiger partial charge in [-0.3, -0.25) is 4.79 Å². The summed E-state index contributed by atoms with van der Waals surface area (Å²) in [5, 5.41) is 0. The molecule has 0 saturated heterocycles. The maximum Gasteiger partial charge on any atom is 0.137 e. The summed E-state index contributed by atoms with van der Waals surface area (Å²) in [5.74, 6) is 2.57. The van der Waals surface area contributed by atoms with E-state index in [1.807, 2.05) is 37.3 Å². The molecule has 0 amide bonds. The molecule has 90 valence electrons. The van der Waals surface area contributed by atoms with Gasteiger partial charge in [0.2, 0.25) is 0 Å². The number of benzene rings is 1. The second-order valence-corrected chi connectivity index (χ2v) is 4.25. The minimum Gasteiger partial charge on any atom is -0.323 e. The molecule has 1 rings (SSSR count). The highest BCUT2D eigenvalue weighted by molar-refractivity contribution is 5.81. The molecular weight excluding hydrogens is 210 g/mol. The largest absolute Gasteiger partial charge is 0.323 e. The molecular formula is C15H19NO. The molecule has 2 nitrogen and oxygen atoms in total. The van der Waals surface area contributed by atoms with Crippen LogP contribution in [0.5, 0.6) is 0 Å². The molecule has 0 heterocycles. The van der Waals surface area contributed by atoms with Gasteiger partial charge in [0.1, 0.15) is 5.78 Å². The number of nitrogens with two attached hydrogens (primary N) is 1. The predicted molar refractivity (Wildman–Crippen MR) is 70.2 cm³/mol. The zero-order valence-corrected chi connectivity index (χ0v) is 10.2. The summed E-state index contributed by atoms with van der Waals surface area (Å²) in [6.07, 6.45) is 7.08. The van der Waals surface area contributed by atoms with E-state index >= 15 is 0 Å². The summed E-state index contributed by atoms with van der Waals surface area (Å²) in [5.41, 5.74) is 7.09. The summed E-state index contributed by atoms with van der Waals surface area (Å²) >= 11 is 0. The van der Waals surface area contributed by atoms with Crippen molar-refractivity contribution in [3.8, 4) is 12.3 Å². The first-order chi connectivity index (χ1) is 8.16. The van der Waals surface area contributed by atoms with E-state index in [0.29, 0.717) is 12.8 Å². The molecule has 1 aromatic rings. The highest BCUT2D eigenvalue weighted by Crippen LogP contribution is 2.21. The predicted octanol–water partition coefficient (Wildman–Crippen LogP) is 2.70. The Morgan fingerprint density at radius 1 is 1.41 bits per heavy atom. The van der Waals surface area contributed by atoms with Gasteiger partial charge in [0, 0.05) is 24.8 Å². The lowest BCUT2D eigenvalue weighted by atomic mass is 9.90. The summed E-state index contributed by atoms with van der Waals surface area (Å²) in [6, 6.07) is 9.49. The maximum atomic E-state index is 11.9. The second-order valence-electron chi connectivity index (χ2n) is 4.25. The van der Waals surface area contributed by atoms with Crippen molar-refractivity contribution in [2.75, 3.05) is 0 Å². The van der Waals surface area contributed by atoms with Gasteiger partial charge in [0.05, 0.1) is 0 Å². The lowest BCUT2D eigenvalue weighted by Crippen LogP contribution is -2.25. The van der Waals surface area contributed by atoms with Gasteiger partial charge in [-0.25, -0.2) is 0 Å². The van der Waals surface area contributed by atoms with Crippen molar-refractivity contribution >= 4 is 5.78 Å². The fourth-order valence-corrected chi connectivity index (χ4v) is 1.76. The summed E-state index contributed by atoms with van der Waals surface area (Å²) in [4.78, 5) is 11.9. The van der Waals surface area contributed by atoms with Crippen molar-refractivity contribution in [2.45, 2.75) is 32.2 Å². The smallest absolute Gasteiger partial charge is 0.137 e. The third-order valence-electron chi connectivity index (χ3n) is 2.98. The molecule has 0 spiro atoms. The molecule has 0 radical (unpaired) electrons. The third kappa shape index (κ3) is 4.05. The molecule has 0 fully saturated rings. The molecule has 2 atom stereocenters. The van der Waals surface area contributed by atoms with Crippen molar-refractivity contribution in [3.63, 3.8) is 0 Å². The van der Waals surface area contributed by atoms with E-state index in [0.717, 1.165) is 12.0 Å². The molecule has 17 heavy (non-hydrogen) atoms. The number of hydrogen-bond acceptors (Lipinski definition) is 2. The molecule has 2 unspecified atom stereocenters. The molecule has 0 aliphatic rings. The number of unbranched alkanes of at least 4 members (excludes halogenated alkanes) is 1. The minimum absolute atomic E-state index is 0.157. The van der Waals surface area contributed by atoms with E-state index in [4.69, 9.17) is 12.2 Å². The number of terminal acetylenes is 1. The van der Waals surface area contributed by atoms with Gasteiger partial charge in [-0.1, -0.05) is 37.3 Å². The fraction of sp³-hybridized carbons (Fsp3) is 0.400. The second kappa shape index (κ2) is 6.88. The number of carbonyl (C=O) groups is 1. The Morgan fingerprint density at radius 2 is 2.06 bits per heavy atom. The molecule has 0 aliphatic heterocycles. The van der Waals surface area contributed by atoms with Crippen molar-refractivity contribution < 1.29 is 4.79 Å². The van der Waals surface area contributed by atoms with Gasteiger partial charge >= 0.3 is 0 Å². The molecule has 0 aliphatic carbocycles. The Labute approximate surface area is 103 Å². The molecule has 0 saturated carbocycles. The van der Waals surface area contributed by atoms with Crippen LogP contribution in [0, 0.1) is 18.3 Å². The van der Waals surface area contributed by atoms with Crippen molar-refractivity contribution in [2.24, 2.45) is 11.7 Å². The Bertz CT molecular complexity index is 391. The zero-order valence-electron chi connectivity index (χ0n) is 10.2. The van der Waals surface area contributed by atoms with Gasteiger partial charge in [-0.15, -0.1) is 12.3 Å². The van der Waals surface area contributed by atoms with Gasteiger partial charge in [-0.05, 0) is 12.0 Å². The first-order valence-electron chi connectivity index (χ1n) is 5.93. The van der Waals surface area contributed by atoms with Gasteiger partial charge < -0.3 is 5.73 Å². The number of hydrogen-bond donors (Lipinski definition) is 1. The van der Waals surface area contributed by atoms with Crippen molar-refractivity contribution in [1.82, 2.24) is 0 Å². The Morgan fingerprint density at radius 3 is 2.65 bits per heavy atom. The van der Waals surface area contributed by atoms with Gasteiger partial charge in [-0.2, -0.15) is 0 Å². The SMILES string of the molecule is C#CCCCC(=O)C(C)C(N)c1ccccc1. The first-order valence-corrected chi connectivity index (χ1v) is 5.93. The van der Waals surface area contributed by atoms with Crippen LogP contribution in [-0.4, -0.2) is 5.78 Å². The van der Waals surface area contributed by atoms with Crippen LogP contribution in [0.25, 0.3) is 0 Å². The van der Waals surface area contributed by atoms with Crippen LogP contribution in [0.15, 0.2) is 30.3 Å². The molecule has 2 N–H and O–H groups in total. The molecule has 2 heteroatoms. The number of carbonyl (C=O) groups excluding carboxylic acids is 1. The Balaban J connectivity index is 2.55. The average molecular weight is 229 g/mol. The van der Waals surface area contributed by atoms with Crippen LogP contribution >= 0.6 is 0 Å². The van der Waals surface area contributed by atoms with Gasteiger partial charge in [0.25, 0.3) is 0 Å². The monoisotopic (exact) mass is 229 g/mol. The van der Waals surface area contributed by atoms with E-state index in [2.05, 4.69) is 5.92 Å². The summed E-state index contributed by atoms with van der Waals surface area (Å²) in [6.45, 7) is 1.88. The number of ketones is 1. The lowest BCUT2D eigenvalue weighted by molar-refractivity contribution is -0.123. The number of rotatable bonds is 6. The van der Waals surface area contributed by atoms with Gasteiger partial charge in [0.15, 0.2) is 0 Å². The number of Topliss-reactive ketones (excluding diaryl/α,β-unsaturated/α-hetero) is 1. The van der Waals surface area contributed by atoms with Crippen molar-refractivity contribution in [3.05, 3.63) is 35.9 Å². The standard InChI is InChI=1S/C15H19NO/c1-3-4-6-11-14(17)12(2)15(16)13-9-7-5-8-10-13/h1,5,7-10,12,15H,4,6,11,16H2,2H3. The van der Waals surface area contributed by atoms with Crippen LogP contribution < -0.4 is 5.73 Å². The average Bonchev–Trinajstić information content (AvgIpc) is 2.38. The van der Waals surface area contributed by atoms with Crippen LogP contribution in [0.2, 0.25) is 0 Å². The first kappa shape index (κ1) is 13.5. The zero-order chi connectivity index (χ0) is 12.7. The van der Waals surface area contributed by atoms with E-state index in [9.17, 15) is 4.79 Å². The van der Waals surface area contributed by atoms with Crippen LogP contribution in [0.4, 0.5) is 0 Å². The summed E-state index contributed by atoms with van der Waals surface area (Å²) in [7, 11) is 0. The molecule has 1 aromatic carbocycles. The van der Waals surface area contributed by atoms with E-state index in [-0.39, 0.29) is 17.7 Å². The normalized spacial score (nSPS) is 13.7.